The van der Waals surface area contributed by atoms with Gasteiger partial charge in [0.1, 0.15) is 11.9 Å². The summed E-state index contributed by atoms with van der Waals surface area (Å²) in [4.78, 5) is 12.2. The van der Waals surface area contributed by atoms with Crippen molar-refractivity contribution in [2.75, 3.05) is 0 Å². The van der Waals surface area contributed by atoms with E-state index >= 15 is 0 Å². The van der Waals surface area contributed by atoms with Gasteiger partial charge in [0.15, 0.2) is 0 Å². The van der Waals surface area contributed by atoms with E-state index in [0.29, 0.717) is 16.1 Å². The molecule has 3 rings (SSSR count). The van der Waals surface area contributed by atoms with Gasteiger partial charge in [-0.1, -0.05) is 41.9 Å². The molecule has 0 heterocycles. The number of nitrogens with one attached hydrogen (secondary N) is 1. The molecule has 22 heavy (non-hydrogen) atoms. The number of hydrogen-bond acceptors (Lipinski definition) is 2. The SMILES string of the molecule is N[C@H](C(=O)N[C@H]1C[C@H]1c1ccccc1F)c1cccc(Cl)c1. The topological polar surface area (TPSA) is 55.1 Å². The van der Waals surface area contributed by atoms with E-state index in [0.717, 1.165) is 6.42 Å². The average molecular weight is 319 g/mol. The van der Waals surface area contributed by atoms with Crippen LogP contribution in [0.2, 0.25) is 5.02 Å². The molecule has 5 heteroatoms. The third-order valence-electron chi connectivity index (χ3n) is 3.91. The first-order valence-electron chi connectivity index (χ1n) is 7.12. The molecule has 0 unspecified atom stereocenters. The van der Waals surface area contributed by atoms with Gasteiger partial charge in [0.2, 0.25) is 5.91 Å². The molecule has 0 radical (unpaired) electrons. The average Bonchev–Trinajstić information content (AvgIpc) is 3.25. The Hall–Kier alpha value is -1.91. The van der Waals surface area contributed by atoms with Crippen LogP contribution in [-0.2, 0) is 4.79 Å². The van der Waals surface area contributed by atoms with Crippen LogP contribution in [0.15, 0.2) is 48.5 Å². The van der Waals surface area contributed by atoms with Crippen LogP contribution in [0.3, 0.4) is 0 Å². The van der Waals surface area contributed by atoms with Crippen molar-refractivity contribution in [1.29, 1.82) is 0 Å². The van der Waals surface area contributed by atoms with Gasteiger partial charge >= 0.3 is 0 Å². The summed E-state index contributed by atoms with van der Waals surface area (Å²) in [6.45, 7) is 0. The van der Waals surface area contributed by atoms with Crippen molar-refractivity contribution in [1.82, 2.24) is 5.32 Å². The largest absolute Gasteiger partial charge is 0.351 e. The van der Waals surface area contributed by atoms with Gasteiger partial charge in [-0.2, -0.15) is 0 Å². The zero-order chi connectivity index (χ0) is 15.7. The van der Waals surface area contributed by atoms with Crippen LogP contribution in [0.4, 0.5) is 4.39 Å². The van der Waals surface area contributed by atoms with Gasteiger partial charge < -0.3 is 11.1 Å². The Labute approximate surface area is 133 Å². The summed E-state index contributed by atoms with van der Waals surface area (Å²) >= 11 is 5.90. The third-order valence-corrected chi connectivity index (χ3v) is 4.15. The molecule has 1 aliphatic rings. The van der Waals surface area contributed by atoms with Crippen LogP contribution in [-0.4, -0.2) is 11.9 Å². The maximum atomic E-state index is 13.7. The summed E-state index contributed by atoms with van der Waals surface area (Å²) < 4.78 is 13.7. The highest BCUT2D eigenvalue weighted by Crippen LogP contribution is 2.42. The van der Waals surface area contributed by atoms with E-state index in [1.165, 1.54) is 6.07 Å². The fourth-order valence-electron chi connectivity index (χ4n) is 2.60. The number of halogens is 2. The van der Waals surface area contributed by atoms with Gasteiger partial charge in [0, 0.05) is 17.0 Å². The molecule has 1 aliphatic carbocycles. The summed E-state index contributed by atoms with van der Waals surface area (Å²) in [6, 6.07) is 12.7. The first-order valence-corrected chi connectivity index (χ1v) is 7.50. The van der Waals surface area contributed by atoms with E-state index in [1.807, 2.05) is 0 Å². The molecule has 1 fully saturated rings. The fraction of sp³-hybridized carbons (Fsp3) is 0.235. The minimum absolute atomic E-state index is 0.0247. The molecule has 114 valence electrons. The lowest BCUT2D eigenvalue weighted by atomic mass is 10.1. The Bertz CT molecular complexity index is 707. The Morgan fingerprint density at radius 2 is 2.05 bits per heavy atom. The molecule has 0 aliphatic heterocycles. The van der Waals surface area contributed by atoms with Crippen LogP contribution in [0.1, 0.15) is 29.5 Å². The third kappa shape index (κ3) is 3.13. The van der Waals surface area contributed by atoms with Crippen molar-refractivity contribution >= 4 is 17.5 Å². The zero-order valence-corrected chi connectivity index (χ0v) is 12.6. The minimum Gasteiger partial charge on any atom is -0.351 e. The first-order chi connectivity index (χ1) is 10.6. The van der Waals surface area contributed by atoms with Crippen molar-refractivity contribution in [3.63, 3.8) is 0 Å². The van der Waals surface area contributed by atoms with Crippen LogP contribution in [0.25, 0.3) is 0 Å². The van der Waals surface area contributed by atoms with Gasteiger partial charge in [-0.25, -0.2) is 4.39 Å². The van der Waals surface area contributed by atoms with E-state index < -0.39 is 6.04 Å². The van der Waals surface area contributed by atoms with E-state index in [2.05, 4.69) is 5.32 Å². The van der Waals surface area contributed by atoms with E-state index in [4.69, 9.17) is 17.3 Å². The molecule has 0 bridgehead atoms. The second kappa shape index (κ2) is 6.07. The molecule has 0 saturated heterocycles. The van der Waals surface area contributed by atoms with Gasteiger partial charge in [0.05, 0.1) is 0 Å². The quantitative estimate of drug-likeness (QED) is 0.910. The Balaban J connectivity index is 1.63. The minimum atomic E-state index is -0.777. The van der Waals surface area contributed by atoms with Crippen molar-refractivity contribution in [3.05, 3.63) is 70.5 Å². The van der Waals surface area contributed by atoms with Gasteiger partial charge in [-0.15, -0.1) is 0 Å². The lowest BCUT2D eigenvalue weighted by Gasteiger charge is -2.13. The lowest BCUT2D eigenvalue weighted by molar-refractivity contribution is -0.122. The molecule has 3 atom stereocenters. The second-order valence-electron chi connectivity index (χ2n) is 5.51. The summed E-state index contributed by atoms with van der Waals surface area (Å²) in [7, 11) is 0. The van der Waals surface area contributed by atoms with Gasteiger partial charge in [-0.05, 0) is 35.7 Å². The normalized spacial score (nSPS) is 21.2. The van der Waals surface area contributed by atoms with Crippen molar-refractivity contribution < 1.29 is 9.18 Å². The Morgan fingerprint density at radius 1 is 1.27 bits per heavy atom. The monoisotopic (exact) mass is 318 g/mol. The number of carbonyl (C=O) groups excluding carboxylic acids is 1. The molecular formula is C17H16ClFN2O. The summed E-state index contributed by atoms with van der Waals surface area (Å²) in [5, 5.41) is 3.41. The lowest BCUT2D eigenvalue weighted by Crippen LogP contribution is -2.36. The molecule has 2 aromatic carbocycles. The summed E-state index contributed by atoms with van der Waals surface area (Å²) in [5.74, 6) is -0.480. The number of amides is 1. The van der Waals surface area contributed by atoms with Gasteiger partial charge in [-0.3, -0.25) is 4.79 Å². The van der Waals surface area contributed by atoms with Crippen molar-refractivity contribution in [3.8, 4) is 0 Å². The number of hydrogen-bond donors (Lipinski definition) is 2. The molecule has 0 aromatic heterocycles. The van der Waals surface area contributed by atoms with E-state index in [-0.39, 0.29) is 23.7 Å². The van der Waals surface area contributed by atoms with Crippen LogP contribution in [0, 0.1) is 5.82 Å². The maximum absolute atomic E-state index is 13.7. The highest BCUT2D eigenvalue weighted by molar-refractivity contribution is 6.30. The Morgan fingerprint density at radius 3 is 2.77 bits per heavy atom. The predicted molar refractivity (Wildman–Crippen MR) is 84.1 cm³/mol. The Kier molecular flexibility index (Phi) is 4.14. The second-order valence-corrected chi connectivity index (χ2v) is 5.95. The number of carbonyl (C=O) groups is 1. The van der Waals surface area contributed by atoms with Crippen LogP contribution < -0.4 is 11.1 Å². The molecule has 0 spiro atoms. The van der Waals surface area contributed by atoms with Crippen LogP contribution in [0.5, 0.6) is 0 Å². The van der Waals surface area contributed by atoms with Crippen LogP contribution >= 0.6 is 11.6 Å². The highest BCUT2D eigenvalue weighted by Gasteiger charge is 2.41. The van der Waals surface area contributed by atoms with Crippen molar-refractivity contribution in [2.24, 2.45) is 5.73 Å². The molecular weight excluding hydrogens is 303 g/mol. The fourth-order valence-corrected chi connectivity index (χ4v) is 2.80. The number of benzene rings is 2. The predicted octanol–water partition coefficient (Wildman–Crippen LogP) is 3.15. The van der Waals surface area contributed by atoms with E-state index in [9.17, 15) is 9.18 Å². The first kappa shape index (κ1) is 15.0. The molecule has 1 amide bonds. The smallest absolute Gasteiger partial charge is 0.241 e. The molecule has 3 nitrogen and oxygen atoms in total. The van der Waals surface area contributed by atoms with Gasteiger partial charge in [0.25, 0.3) is 0 Å². The zero-order valence-electron chi connectivity index (χ0n) is 11.8. The summed E-state index contributed by atoms with van der Waals surface area (Å²) in [5.41, 5.74) is 7.26. The number of rotatable bonds is 4. The highest BCUT2D eigenvalue weighted by atomic mass is 35.5. The maximum Gasteiger partial charge on any atom is 0.241 e. The molecule has 3 N–H and O–H groups in total. The molecule has 2 aromatic rings. The standard InChI is InChI=1S/C17H16ClFN2O/c18-11-5-3-4-10(8-11)16(20)17(22)21-15-9-13(15)12-6-1-2-7-14(12)19/h1-8,13,15-16H,9,20H2,(H,21,22)/t13-,15-,16-/m0/s1. The van der Waals surface area contributed by atoms with Crippen molar-refractivity contribution in [2.45, 2.75) is 24.4 Å². The molecule has 1 saturated carbocycles. The summed E-state index contributed by atoms with van der Waals surface area (Å²) in [6.07, 6.45) is 0.731. The number of nitrogens with two attached hydrogens (primary N) is 1. The van der Waals surface area contributed by atoms with E-state index in [1.54, 1.807) is 42.5 Å².